The molecule has 1 aliphatic rings. The van der Waals surface area contributed by atoms with Crippen molar-refractivity contribution < 1.29 is 5.32 Å². The molecule has 2 N–H and O–H groups in total. The van der Waals surface area contributed by atoms with Crippen LogP contribution >= 0.6 is 22.6 Å². The van der Waals surface area contributed by atoms with Crippen LogP contribution in [0.4, 0.5) is 0 Å². The molecule has 1 atom stereocenters. The Bertz CT molecular complexity index is 262. The maximum Gasteiger partial charge on any atom is 0.112 e. The van der Waals surface area contributed by atoms with Crippen molar-refractivity contribution in [3.63, 3.8) is 0 Å². The number of benzene rings is 1. The van der Waals surface area contributed by atoms with Crippen LogP contribution in [-0.4, -0.2) is 6.54 Å². The van der Waals surface area contributed by atoms with Crippen LogP contribution in [0, 0.1) is 3.57 Å². The molecule has 0 aliphatic carbocycles. The van der Waals surface area contributed by atoms with Gasteiger partial charge in [-0.05, 0) is 47.6 Å². The molecule has 0 spiro atoms. The minimum Gasteiger partial charge on any atom is -0.340 e. The second-order valence-corrected chi connectivity index (χ2v) is 4.92. The summed E-state index contributed by atoms with van der Waals surface area (Å²) in [7, 11) is 0. The fourth-order valence-electron chi connectivity index (χ4n) is 1.96. The number of halogens is 1. The lowest BCUT2D eigenvalue weighted by Crippen LogP contribution is -2.86. The third-order valence-corrected chi connectivity index (χ3v) is 3.44. The SMILES string of the molecule is Ic1ccc([C@H]2CCCC[NH2+]2)cc1. The standard InChI is InChI=1S/C11H14IN/c12-10-6-4-9(5-7-10)11-3-1-2-8-13-11/h4-7,11,13H,1-3,8H2/p+1/t11-/m1/s1. The maximum absolute atomic E-state index is 2.48. The summed E-state index contributed by atoms with van der Waals surface area (Å²) >= 11 is 2.36. The van der Waals surface area contributed by atoms with Gasteiger partial charge in [0, 0.05) is 15.6 Å². The van der Waals surface area contributed by atoms with Gasteiger partial charge in [-0.3, -0.25) is 0 Å². The van der Waals surface area contributed by atoms with Gasteiger partial charge in [-0.25, -0.2) is 0 Å². The van der Waals surface area contributed by atoms with Crippen LogP contribution < -0.4 is 5.32 Å². The van der Waals surface area contributed by atoms with E-state index in [0.717, 1.165) is 6.04 Å². The molecule has 0 bridgehead atoms. The van der Waals surface area contributed by atoms with Crippen molar-refractivity contribution in [2.75, 3.05) is 6.54 Å². The Morgan fingerprint density at radius 3 is 2.54 bits per heavy atom. The zero-order valence-electron chi connectivity index (χ0n) is 7.67. The summed E-state index contributed by atoms with van der Waals surface area (Å²) in [5, 5.41) is 2.48. The summed E-state index contributed by atoms with van der Waals surface area (Å²) in [6.45, 7) is 1.30. The largest absolute Gasteiger partial charge is 0.340 e. The monoisotopic (exact) mass is 288 g/mol. The molecular formula is C11H15IN+. The van der Waals surface area contributed by atoms with Gasteiger partial charge in [0.1, 0.15) is 6.04 Å². The lowest BCUT2D eigenvalue weighted by atomic mass is 9.98. The third-order valence-electron chi connectivity index (χ3n) is 2.72. The van der Waals surface area contributed by atoms with Crippen molar-refractivity contribution in [1.82, 2.24) is 0 Å². The summed E-state index contributed by atoms with van der Waals surface area (Å²) in [5.74, 6) is 0. The van der Waals surface area contributed by atoms with E-state index in [1.165, 1.54) is 34.9 Å². The van der Waals surface area contributed by atoms with Gasteiger partial charge in [0.15, 0.2) is 0 Å². The van der Waals surface area contributed by atoms with Crippen LogP contribution in [0.1, 0.15) is 30.9 Å². The van der Waals surface area contributed by atoms with Gasteiger partial charge >= 0.3 is 0 Å². The minimum atomic E-state index is 0.728. The van der Waals surface area contributed by atoms with Crippen LogP contribution in [0.15, 0.2) is 24.3 Å². The van der Waals surface area contributed by atoms with Crippen molar-refractivity contribution in [2.24, 2.45) is 0 Å². The Morgan fingerprint density at radius 1 is 1.15 bits per heavy atom. The lowest BCUT2D eigenvalue weighted by Gasteiger charge is -2.20. The first-order valence-electron chi connectivity index (χ1n) is 4.95. The zero-order valence-corrected chi connectivity index (χ0v) is 9.83. The van der Waals surface area contributed by atoms with Crippen molar-refractivity contribution in [2.45, 2.75) is 25.3 Å². The van der Waals surface area contributed by atoms with E-state index in [2.05, 4.69) is 52.2 Å². The molecule has 1 fully saturated rings. The summed E-state index contributed by atoms with van der Waals surface area (Å²) < 4.78 is 1.33. The summed E-state index contributed by atoms with van der Waals surface area (Å²) in [5.41, 5.74) is 1.50. The van der Waals surface area contributed by atoms with Gasteiger partial charge in [-0.2, -0.15) is 0 Å². The molecule has 0 amide bonds. The normalized spacial score (nSPS) is 23.0. The Balaban J connectivity index is 2.10. The van der Waals surface area contributed by atoms with E-state index in [1.54, 1.807) is 0 Å². The number of nitrogens with two attached hydrogens (primary N) is 1. The highest BCUT2D eigenvalue weighted by Gasteiger charge is 2.17. The smallest absolute Gasteiger partial charge is 0.112 e. The topological polar surface area (TPSA) is 16.6 Å². The quantitative estimate of drug-likeness (QED) is 0.762. The Hall–Kier alpha value is -0.0900. The Morgan fingerprint density at radius 2 is 1.92 bits per heavy atom. The number of piperidine rings is 1. The fraction of sp³-hybridized carbons (Fsp3) is 0.455. The molecule has 0 unspecified atom stereocenters. The summed E-state index contributed by atoms with van der Waals surface area (Å²) in [6.07, 6.45) is 4.13. The fourth-order valence-corrected chi connectivity index (χ4v) is 2.32. The summed E-state index contributed by atoms with van der Waals surface area (Å²) in [6, 6.07) is 9.69. The Kier molecular flexibility index (Phi) is 3.22. The highest BCUT2D eigenvalue weighted by molar-refractivity contribution is 14.1. The third kappa shape index (κ3) is 2.44. The molecule has 1 aromatic rings. The lowest BCUT2D eigenvalue weighted by molar-refractivity contribution is -0.704. The van der Waals surface area contributed by atoms with Crippen molar-refractivity contribution in [1.29, 1.82) is 0 Å². The highest BCUT2D eigenvalue weighted by Crippen LogP contribution is 2.18. The van der Waals surface area contributed by atoms with E-state index in [-0.39, 0.29) is 0 Å². The van der Waals surface area contributed by atoms with E-state index < -0.39 is 0 Å². The first-order valence-corrected chi connectivity index (χ1v) is 6.03. The second kappa shape index (κ2) is 4.42. The molecule has 2 heteroatoms. The van der Waals surface area contributed by atoms with E-state index in [1.807, 2.05) is 0 Å². The average molecular weight is 288 g/mol. The predicted molar refractivity (Wildman–Crippen MR) is 62.5 cm³/mol. The molecule has 0 radical (unpaired) electrons. The molecule has 1 aliphatic heterocycles. The number of rotatable bonds is 1. The number of hydrogen-bond donors (Lipinski definition) is 1. The number of hydrogen-bond acceptors (Lipinski definition) is 0. The van der Waals surface area contributed by atoms with E-state index >= 15 is 0 Å². The molecular weight excluding hydrogens is 273 g/mol. The molecule has 1 nitrogen and oxygen atoms in total. The van der Waals surface area contributed by atoms with Crippen LogP contribution in [0.25, 0.3) is 0 Å². The van der Waals surface area contributed by atoms with Gasteiger partial charge < -0.3 is 5.32 Å². The number of quaternary nitrogens is 1. The summed E-state index contributed by atoms with van der Waals surface area (Å²) in [4.78, 5) is 0. The maximum atomic E-state index is 2.48. The first kappa shape index (κ1) is 9.46. The molecule has 0 saturated carbocycles. The molecule has 1 aromatic carbocycles. The van der Waals surface area contributed by atoms with Crippen LogP contribution in [0.5, 0.6) is 0 Å². The molecule has 1 heterocycles. The van der Waals surface area contributed by atoms with Gasteiger partial charge in [0.05, 0.1) is 6.54 Å². The van der Waals surface area contributed by atoms with E-state index in [4.69, 9.17) is 0 Å². The van der Waals surface area contributed by atoms with Gasteiger partial charge in [0.25, 0.3) is 0 Å². The molecule has 2 rings (SSSR count). The van der Waals surface area contributed by atoms with Gasteiger partial charge in [-0.15, -0.1) is 0 Å². The molecule has 13 heavy (non-hydrogen) atoms. The van der Waals surface area contributed by atoms with Crippen molar-refractivity contribution >= 4 is 22.6 Å². The Labute approximate surface area is 93.1 Å². The molecule has 70 valence electrons. The van der Waals surface area contributed by atoms with Crippen LogP contribution in [-0.2, 0) is 0 Å². The zero-order chi connectivity index (χ0) is 9.10. The minimum absolute atomic E-state index is 0.728. The molecule has 1 saturated heterocycles. The van der Waals surface area contributed by atoms with Gasteiger partial charge in [0.2, 0.25) is 0 Å². The second-order valence-electron chi connectivity index (χ2n) is 3.68. The first-order chi connectivity index (χ1) is 6.36. The molecule has 0 aromatic heterocycles. The van der Waals surface area contributed by atoms with E-state index in [9.17, 15) is 0 Å². The van der Waals surface area contributed by atoms with Gasteiger partial charge in [-0.1, -0.05) is 12.1 Å². The van der Waals surface area contributed by atoms with Crippen LogP contribution in [0.3, 0.4) is 0 Å². The average Bonchev–Trinajstić information content (AvgIpc) is 2.20. The van der Waals surface area contributed by atoms with E-state index in [0.29, 0.717) is 0 Å². The van der Waals surface area contributed by atoms with Crippen LogP contribution in [0.2, 0.25) is 0 Å². The highest BCUT2D eigenvalue weighted by atomic mass is 127. The van der Waals surface area contributed by atoms with Crippen molar-refractivity contribution in [3.8, 4) is 0 Å². The predicted octanol–water partition coefficient (Wildman–Crippen LogP) is 2.08. The van der Waals surface area contributed by atoms with Crippen molar-refractivity contribution in [3.05, 3.63) is 33.4 Å².